The van der Waals surface area contributed by atoms with Crippen molar-refractivity contribution in [3.63, 3.8) is 0 Å². The molecular formula is C39H40F3N3O6. The van der Waals surface area contributed by atoms with Crippen molar-refractivity contribution < 1.29 is 41.8 Å². The molecule has 4 rings (SSSR count). The number of hydrogen-bond acceptors (Lipinski definition) is 6. The van der Waals surface area contributed by atoms with Crippen molar-refractivity contribution in [1.82, 2.24) is 10.6 Å². The minimum Gasteiger partial charge on any atom is -0.495 e. The summed E-state index contributed by atoms with van der Waals surface area (Å²) >= 11 is 0. The molecule has 9 nitrogen and oxygen atoms in total. The molecule has 0 aliphatic rings. The Balaban J connectivity index is 1.52. The predicted octanol–water partition coefficient (Wildman–Crippen LogP) is 6.71. The fraction of sp³-hybridized carbons (Fsp3) is 0.282. The maximum atomic E-state index is 13.6. The Morgan fingerprint density at radius 1 is 0.725 bits per heavy atom. The maximum Gasteiger partial charge on any atom is 0.416 e. The normalized spacial score (nSPS) is 11.3. The highest BCUT2D eigenvalue weighted by Gasteiger charge is 2.48. The van der Waals surface area contributed by atoms with Gasteiger partial charge in [0.05, 0.1) is 24.8 Å². The minimum atomic E-state index is -4.49. The van der Waals surface area contributed by atoms with Crippen LogP contribution in [0.15, 0.2) is 97.1 Å². The van der Waals surface area contributed by atoms with E-state index in [1.807, 2.05) is 13.8 Å². The maximum absolute atomic E-state index is 13.6. The van der Waals surface area contributed by atoms with Gasteiger partial charge >= 0.3 is 12.1 Å². The number of amides is 3. The second kappa shape index (κ2) is 17.3. The van der Waals surface area contributed by atoms with Crippen LogP contribution < -0.4 is 20.7 Å². The molecule has 0 saturated carbocycles. The van der Waals surface area contributed by atoms with Crippen molar-refractivity contribution in [3.05, 3.63) is 119 Å². The van der Waals surface area contributed by atoms with E-state index in [1.54, 1.807) is 72.8 Å². The summed E-state index contributed by atoms with van der Waals surface area (Å²) < 4.78 is 50.4. The molecule has 0 radical (unpaired) electrons. The van der Waals surface area contributed by atoms with Crippen LogP contribution >= 0.6 is 0 Å². The van der Waals surface area contributed by atoms with Gasteiger partial charge in [-0.15, -0.1) is 0 Å². The van der Waals surface area contributed by atoms with Gasteiger partial charge in [0.15, 0.2) is 5.41 Å². The molecule has 0 bridgehead atoms. The number of esters is 1. The molecule has 0 atom stereocenters. The molecule has 0 aliphatic carbocycles. The fourth-order valence-corrected chi connectivity index (χ4v) is 5.40. The fourth-order valence-electron chi connectivity index (χ4n) is 5.40. The molecule has 0 aromatic heterocycles. The second-order valence-electron chi connectivity index (χ2n) is 11.7. The summed E-state index contributed by atoms with van der Waals surface area (Å²) in [4.78, 5) is 53.8. The molecule has 0 heterocycles. The predicted molar refractivity (Wildman–Crippen MR) is 187 cm³/mol. The van der Waals surface area contributed by atoms with E-state index in [4.69, 9.17) is 9.47 Å². The number of benzene rings is 4. The lowest BCUT2D eigenvalue weighted by atomic mass is 9.79. The van der Waals surface area contributed by atoms with Crippen LogP contribution in [0.2, 0.25) is 0 Å². The van der Waals surface area contributed by atoms with Gasteiger partial charge in [-0.25, -0.2) is 0 Å². The molecule has 4 aromatic carbocycles. The van der Waals surface area contributed by atoms with Crippen molar-refractivity contribution in [3.8, 4) is 16.9 Å². The van der Waals surface area contributed by atoms with Crippen LogP contribution in [0.25, 0.3) is 11.1 Å². The quantitative estimate of drug-likeness (QED) is 0.0935. The number of nitrogens with one attached hydrogen (secondary N) is 3. The number of carbonyl (C=O) groups is 4. The topological polar surface area (TPSA) is 123 Å². The zero-order valence-corrected chi connectivity index (χ0v) is 28.6. The lowest BCUT2D eigenvalue weighted by Crippen LogP contribution is -2.58. The summed E-state index contributed by atoms with van der Waals surface area (Å²) in [5.74, 6) is -2.17. The third-order valence-corrected chi connectivity index (χ3v) is 8.12. The van der Waals surface area contributed by atoms with E-state index >= 15 is 0 Å². The molecule has 51 heavy (non-hydrogen) atoms. The van der Waals surface area contributed by atoms with Gasteiger partial charge in [0.25, 0.3) is 5.91 Å². The Labute approximate surface area is 294 Å². The monoisotopic (exact) mass is 703 g/mol. The van der Waals surface area contributed by atoms with Gasteiger partial charge in [0.2, 0.25) is 11.8 Å². The second-order valence-corrected chi connectivity index (χ2v) is 11.7. The number of alkyl halides is 3. The molecule has 268 valence electrons. The highest BCUT2D eigenvalue weighted by atomic mass is 19.4. The largest absolute Gasteiger partial charge is 0.495 e. The van der Waals surface area contributed by atoms with Gasteiger partial charge in [-0.05, 0) is 65.4 Å². The number of halogens is 3. The van der Waals surface area contributed by atoms with E-state index in [2.05, 4.69) is 16.0 Å². The zero-order valence-electron chi connectivity index (χ0n) is 28.6. The summed E-state index contributed by atoms with van der Waals surface area (Å²) in [5.41, 5.74) is -0.420. The summed E-state index contributed by atoms with van der Waals surface area (Å²) in [6, 6.07) is 24.2. The Morgan fingerprint density at radius 3 is 1.92 bits per heavy atom. The number of methoxy groups -OCH3 is 1. The Bertz CT molecular complexity index is 1810. The zero-order chi connectivity index (χ0) is 37.0. The molecule has 0 spiro atoms. The first-order valence-electron chi connectivity index (χ1n) is 16.5. The molecule has 0 unspecified atom stereocenters. The molecule has 3 amide bonds. The molecule has 0 fully saturated rings. The first-order valence-corrected chi connectivity index (χ1v) is 16.5. The Hall–Kier alpha value is -5.65. The third kappa shape index (κ3) is 9.33. The van der Waals surface area contributed by atoms with Gasteiger partial charge in [0.1, 0.15) is 12.4 Å². The van der Waals surface area contributed by atoms with Crippen LogP contribution in [0.3, 0.4) is 0 Å². The standard InChI is InChI=1S/C39H40F3N3O6/c1-4-21-43-36(48)38(37(49)44-22-5-2,28-11-7-6-8-12-28)25-51-34(46)24-26-15-20-32(33(23-26)50-3)45-35(47)31-14-10-9-13-30(31)27-16-18-29(19-17-27)39(40,41)42/h6-20,23H,4-5,21-22,24-25H2,1-3H3,(H,43,48)(H,44,49)(H,45,47). The number of anilines is 1. The number of ether oxygens (including phenoxy) is 2. The van der Waals surface area contributed by atoms with Gasteiger partial charge < -0.3 is 25.4 Å². The third-order valence-electron chi connectivity index (χ3n) is 8.12. The molecule has 12 heteroatoms. The van der Waals surface area contributed by atoms with Crippen LogP contribution in [0.1, 0.15) is 53.7 Å². The van der Waals surface area contributed by atoms with E-state index in [9.17, 15) is 32.3 Å². The van der Waals surface area contributed by atoms with Gasteiger partial charge in [-0.2, -0.15) is 13.2 Å². The van der Waals surface area contributed by atoms with Crippen LogP contribution in [-0.2, 0) is 37.1 Å². The van der Waals surface area contributed by atoms with E-state index in [0.717, 1.165) is 12.1 Å². The van der Waals surface area contributed by atoms with Gasteiger partial charge in [-0.1, -0.05) is 80.6 Å². The van der Waals surface area contributed by atoms with E-state index in [-0.39, 0.29) is 23.4 Å². The highest BCUT2D eigenvalue weighted by molar-refractivity contribution is 6.11. The first kappa shape index (κ1) is 38.2. The van der Waals surface area contributed by atoms with Crippen molar-refractivity contribution in [2.75, 3.05) is 32.1 Å². The van der Waals surface area contributed by atoms with Crippen LogP contribution in [0, 0.1) is 0 Å². The Kier molecular flexibility index (Phi) is 13.0. The molecule has 3 N–H and O–H groups in total. The van der Waals surface area contributed by atoms with Crippen LogP contribution in [-0.4, -0.2) is 50.5 Å². The van der Waals surface area contributed by atoms with E-state index in [0.29, 0.717) is 48.2 Å². The number of carbonyl (C=O) groups excluding carboxylic acids is 4. The first-order chi connectivity index (χ1) is 24.4. The SMILES string of the molecule is CCCNC(=O)C(COC(=O)Cc1ccc(NC(=O)c2ccccc2-c2ccc(C(F)(F)F)cc2)c(OC)c1)(C(=O)NCCC)c1ccccc1. The van der Waals surface area contributed by atoms with Crippen LogP contribution in [0.4, 0.5) is 18.9 Å². The smallest absolute Gasteiger partial charge is 0.416 e. The summed E-state index contributed by atoms with van der Waals surface area (Å²) in [6.45, 7) is 3.88. The molecular weight excluding hydrogens is 663 g/mol. The average molecular weight is 704 g/mol. The van der Waals surface area contributed by atoms with Gasteiger partial charge in [-0.3, -0.25) is 19.2 Å². The van der Waals surface area contributed by atoms with Crippen LogP contribution in [0.5, 0.6) is 5.75 Å². The summed E-state index contributed by atoms with van der Waals surface area (Å²) in [6.07, 6.45) is -3.45. The van der Waals surface area contributed by atoms with E-state index in [1.165, 1.54) is 19.2 Å². The van der Waals surface area contributed by atoms with Crippen molar-refractivity contribution in [1.29, 1.82) is 0 Å². The molecule has 0 saturated heterocycles. The van der Waals surface area contributed by atoms with Crippen molar-refractivity contribution >= 4 is 29.4 Å². The lowest BCUT2D eigenvalue weighted by molar-refractivity contribution is -0.150. The lowest BCUT2D eigenvalue weighted by Gasteiger charge is -2.31. The minimum absolute atomic E-state index is 0.222. The number of hydrogen-bond donors (Lipinski definition) is 3. The summed E-state index contributed by atoms with van der Waals surface area (Å²) in [5, 5.41) is 8.35. The average Bonchev–Trinajstić information content (AvgIpc) is 3.14. The molecule has 4 aromatic rings. The number of rotatable bonds is 15. The van der Waals surface area contributed by atoms with E-state index < -0.39 is 47.5 Å². The van der Waals surface area contributed by atoms with Crippen molar-refractivity contribution in [2.24, 2.45) is 0 Å². The summed E-state index contributed by atoms with van der Waals surface area (Å²) in [7, 11) is 1.39. The Morgan fingerprint density at radius 2 is 1.33 bits per heavy atom. The van der Waals surface area contributed by atoms with Gasteiger partial charge in [0, 0.05) is 18.7 Å². The van der Waals surface area contributed by atoms with Crippen molar-refractivity contribution in [2.45, 2.75) is 44.7 Å². The molecule has 0 aliphatic heterocycles. The highest BCUT2D eigenvalue weighted by Crippen LogP contribution is 2.33.